The molecular weight excluding hydrogens is 418 g/mol. The first kappa shape index (κ1) is 24.2. The molecule has 172 valence electrons. The molecule has 0 saturated carbocycles. The first-order chi connectivity index (χ1) is 15.4. The predicted octanol–water partition coefficient (Wildman–Crippen LogP) is 5.54. The van der Waals surface area contributed by atoms with Gasteiger partial charge in [0.15, 0.2) is 5.13 Å². The fourth-order valence-electron chi connectivity index (χ4n) is 4.14. The standard InChI is InChI=1S/C26H35N3O2S/c1-7-28(8-2)13-14-29(24(30)17-21-19(5)15-18(4)16-20(21)6)26-27-25-22(31-9-3)11-10-12-23(25)32-26/h10-12,15-16H,7-9,13-14,17H2,1-6H3. The Morgan fingerprint density at radius 1 is 1.03 bits per heavy atom. The van der Waals surface area contributed by atoms with Crippen molar-refractivity contribution < 1.29 is 9.53 Å². The number of fused-ring (bicyclic) bond motifs is 1. The summed E-state index contributed by atoms with van der Waals surface area (Å²) >= 11 is 1.56. The van der Waals surface area contributed by atoms with Crippen LogP contribution in [0.4, 0.5) is 5.13 Å². The molecule has 0 unspecified atom stereocenters. The number of aromatic nitrogens is 1. The summed E-state index contributed by atoms with van der Waals surface area (Å²) in [4.78, 5) is 22.7. The number of rotatable bonds is 10. The lowest BCUT2D eigenvalue weighted by atomic mass is 9.97. The van der Waals surface area contributed by atoms with Crippen molar-refractivity contribution in [2.45, 2.75) is 48.0 Å². The van der Waals surface area contributed by atoms with Gasteiger partial charge in [-0.25, -0.2) is 4.98 Å². The summed E-state index contributed by atoms with van der Waals surface area (Å²) in [5.74, 6) is 0.859. The Morgan fingerprint density at radius 3 is 2.34 bits per heavy atom. The number of hydrogen-bond donors (Lipinski definition) is 0. The van der Waals surface area contributed by atoms with Gasteiger partial charge in [-0.05, 0) is 69.6 Å². The van der Waals surface area contributed by atoms with Crippen LogP contribution >= 0.6 is 11.3 Å². The molecule has 1 heterocycles. The van der Waals surface area contributed by atoms with Gasteiger partial charge >= 0.3 is 0 Å². The molecule has 0 spiro atoms. The summed E-state index contributed by atoms with van der Waals surface area (Å²) in [6, 6.07) is 10.3. The lowest BCUT2D eigenvalue weighted by Gasteiger charge is -2.25. The van der Waals surface area contributed by atoms with E-state index in [0.29, 0.717) is 19.6 Å². The van der Waals surface area contributed by atoms with Crippen molar-refractivity contribution in [3.8, 4) is 5.75 Å². The molecule has 5 nitrogen and oxygen atoms in total. The van der Waals surface area contributed by atoms with Crippen LogP contribution in [0.2, 0.25) is 0 Å². The van der Waals surface area contributed by atoms with Crippen LogP contribution in [0.25, 0.3) is 10.2 Å². The fraction of sp³-hybridized carbons (Fsp3) is 0.462. The van der Waals surface area contributed by atoms with Crippen molar-refractivity contribution in [1.29, 1.82) is 0 Å². The maximum Gasteiger partial charge on any atom is 0.233 e. The Kier molecular flexibility index (Phi) is 8.26. The van der Waals surface area contributed by atoms with Crippen LogP contribution < -0.4 is 9.64 Å². The van der Waals surface area contributed by atoms with Crippen molar-refractivity contribution in [2.75, 3.05) is 37.7 Å². The number of aryl methyl sites for hydroxylation is 3. The second-order valence-electron chi connectivity index (χ2n) is 8.16. The number of hydrogen-bond acceptors (Lipinski definition) is 5. The van der Waals surface area contributed by atoms with Crippen molar-refractivity contribution in [3.05, 3.63) is 52.6 Å². The first-order valence-corrected chi connectivity index (χ1v) is 12.3. The summed E-state index contributed by atoms with van der Waals surface area (Å²) in [6.45, 7) is 16.5. The van der Waals surface area contributed by atoms with Gasteiger partial charge in [0, 0.05) is 13.1 Å². The van der Waals surface area contributed by atoms with Crippen LogP contribution in [0.15, 0.2) is 30.3 Å². The van der Waals surface area contributed by atoms with Gasteiger partial charge in [0.1, 0.15) is 11.3 Å². The van der Waals surface area contributed by atoms with E-state index in [-0.39, 0.29) is 5.91 Å². The minimum Gasteiger partial charge on any atom is -0.492 e. The molecule has 0 fully saturated rings. The topological polar surface area (TPSA) is 45.7 Å². The van der Waals surface area contributed by atoms with E-state index < -0.39 is 0 Å². The van der Waals surface area contributed by atoms with Crippen LogP contribution in [-0.4, -0.2) is 48.6 Å². The van der Waals surface area contributed by atoms with Crippen LogP contribution in [-0.2, 0) is 11.2 Å². The lowest BCUT2D eigenvalue weighted by molar-refractivity contribution is -0.118. The number of benzene rings is 2. The largest absolute Gasteiger partial charge is 0.492 e. The van der Waals surface area contributed by atoms with Crippen molar-refractivity contribution in [2.24, 2.45) is 0 Å². The average Bonchev–Trinajstić information content (AvgIpc) is 3.19. The van der Waals surface area contributed by atoms with E-state index in [1.165, 1.54) is 16.7 Å². The third-order valence-corrected chi connectivity index (χ3v) is 6.95. The number of carbonyl (C=O) groups excluding carboxylic acids is 1. The van der Waals surface area contributed by atoms with Crippen molar-refractivity contribution >= 4 is 32.6 Å². The zero-order valence-electron chi connectivity index (χ0n) is 20.2. The van der Waals surface area contributed by atoms with Gasteiger partial charge in [0.25, 0.3) is 0 Å². The van der Waals surface area contributed by atoms with Crippen molar-refractivity contribution in [1.82, 2.24) is 9.88 Å². The molecule has 3 aromatic rings. The SMILES string of the molecule is CCOc1cccc2sc(N(CCN(CC)CC)C(=O)Cc3c(C)cc(C)cc3C)nc12. The molecule has 0 aliphatic heterocycles. The number of nitrogens with zero attached hydrogens (tertiary/aromatic N) is 3. The summed E-state index contributed by atoms with van der Waals surface area (Å²) < 4.78 is 6.81. The third-order valence-electron chi connectivity index (χ3n) is 5.91. The normalized spacial score (nSPS) is 11.3. The molecule has 0 radical (unpaired) electrons. The van der Waals surface area contributed by atoms with Gasteiger partial charge in [0.2, 0.25) is 5.91 Å². The second-order valence-corrected chi connectivity index (χ2v) is 9.17. The van der Waals surface area contributed by atoms with Gasteiger partial charge in [-0.3, -0.25) is 9.69 Å². The number of amides is 1. The fourth-order valence-corrected chi connectivity index (χ4v) is 5.17. The molecule has 0 aliphatic carbocycles. The van der Waals surface area contributed by atoms with E-state index in [4.69, 9.17) is 9.72 Å². The minimum atomic E-state index is 0.0872. The maximum atomic E-state index is 13.6. The average molecular weight is 454 g/mol. The van der Waals surface area contributed by atoms with Crippen LogP contribution in [0, 0.1) is 20.8 Å². The number of likely N-dealkylation sites (N-methyl/N-ethyl adjacent to an activating group) is 1. The Morgan fingerprint density at radius 2 is 1.72 bits per heavy atom. The van der Waals surface area contributed by atoms with Crippen LogP contribution in [0.1, 0.15) is 43.0 Å². The lowest BCUT2D eigenvalue weighted by Crippen LogP contribution is -2.39. The van der Waals surface area contributed by atoms with Gasteiger partial charge in [0.05, 0.1) is 17.7 Å². The van der Waals surface area contributed by atoms with Gasteiger partial charge in [-0.1, -0.05) is 48.9 Å². The number of anilines is 1. The van der Waals surface area contributed by atoms with E-state index in [1.54, 1.807) is 11.3 Å². The summed E-state index contributed by atoms with van der Waals surface area (Å²) in [5.41, 5.74) is 5.51. The van der Waals surface area contributed by atoms with Crippen LogP contribution in [0.5, 0.6) is 5.75 Å². The Hall–Kier alpha value is -2.44. The summed E-state index contributed by atoms with van der Waals surface area (Å²) in [6.07, 6.45) is 0.379. The zero-order valence-corrected chi connectivity index (χ0v) is 21.0. The van der Waals surface area contributed by atoms with Crippen molar-refractivity contribution in [3.63, 3.8) is 0 Å². The maximum absolute atomic E-state index is 13.6. The van der Waals surface area contributed by atoms with Gasteiger partial charge in [-0.2, -0.15) is 0 Å². The zero-order chi connectivity index (χ0) is 23.3. The Bertz CT molecular complexity index is 1050. The summed E-state index contributed by atoms with van der Waals surface area (Å²) in [7, 11) is 0. The Labute approximate surface area is 196 Å². The second kappa shape index (κ2) is 10.9. The van der Waals surface area contributed by atoms with E-state index in [2.05, 4.69) is 51.7 Å². The summed E-state index contributed by atoms with van der Waals surface area (Å²) in [5, 5.41) is 0.742. The monoisotopic (exact) mass is 453 g/mol. The number of thiazole rings is 1. The molecule has 1 aromatic heterocycles. The molecule has 3 rings (SSSR count). The predicted molar refractivity (Wildman–Crippen MR) is 135 cm³/mol. The number of ether oxygens (including phenoxy) is 1. The molecule has 0 N–H and O–H groups in total. The molecule has 2 aromatic carbocycles. The quantitative estimate of drug-likeness (QED) is 0.404. The molecule has 0 atom stereocenters. The number of para-hydroxylation sites is 1. The third kappa shape index (κ3) is 5.48. The highest BCUT2D eigenvalue weighted by Crippen LogP contribution is 2.34. The Balaban J connectivity index is 1.96. The highest BCUT2D eigenvalue weighted by Gasteiger charge is 2.23. The van der Waals surface area contributed by atoms with E-state index >= 15 is 0 Å². The van der Waals surface area contributed by atoms with Gasteiger partial charge < -0.3 is 9.64 Å². The molecular formula is C26H35N3O2S. The van der Waals surface area contributed by atoms with E-state index in [0.717, 1.165) is 46.3 Å². The highest BCUT2D eigenvalue weighted by atomic mass is 32.1. The molecule has 0 saturated heterocycles. The highest BCUT2D eigenvalue weighted by molar-refractivity contribution is 7.22. The van der Waals surface area contributed by atoms with E-state index in [9.17, 15) is 4.79 Å². The molecule has 0 bridgehead atoms. The van der Waals surface area contributed by atoms with Crippen LogP contribution in [0.3, 0.4) is 0 Å². The number of carbonyl (C=O) groups is 1. The minimum absolute atomic E-state index is 0.0872. The molecule has 32 heavy (non-hydrogen) atoms. The molecule has 6 heteroatoms. The van der Waals surface area contributed by atoms with E-state index in [1.807, 2.05) is 30.0 Å². The molecule has 1 amide bonds. The van der Waals surface area contributed by atoms with Gasteiger partial charge in [-0.15, -0.1) is 0 Å². The molecule has 0 aliphatic rings. The smallest absolute Gasteiger partial charge is 0.233 e. The first-order valence-electron chi connectivity index (χ1n) is 11.5.